The largest absolute Gasteiger partial charge is 0.354 e. The third-order valence-corrected chi connectivity index (χ3v) is 3.42. The molecule has 2 heterocycles. The quantitative estimate of drug-likeness (QED) is 0.700. The normalized spacial score (nSPS) is 25.2. The van der Waals surface area contributed by atoms with Crippen LogP contribution in [0.25, 0.3) is 0 Å². The number of hydrogen-bond donors (Lipinski definition) is 1. The van der Waals surface area contributed by atoms with E-state index >= 15 is 0 Å². The van der Waals surface area contributed by atoms with Crippen molar-refractivity contribution < 1.29 is 9.59 Å². The number of likely N-dealkylation sites (N-methyl/N-ethyl adjacent to an activating group) is 1. The third kappa shape index (κ3) is 2.52. The molecule has 2 aliphatic rings. The van der Waals surface area contributed by atoms with Gasteiger partial charge in [-0.1, -0.05) is 0 Å². The monoisotopic (exact) mass is 225 g/mol. The first kappa shape index (κ1) is 11.4. The van der Waals surface area contributed by atoms with Gasteiger partial charge in [-0.2, -0.15) is 0 Å². The van der Waals surface area contributed by atoms with Crippen molar-refractivity contribution in [2.75, 3.05) is 33.2 Å². The van der Waals surface area contributed by atoms with Crippen LogP contribution in [0.1, 0.15) is 19.3 Å². The lowest BCUT2D eigenvalue weighted by atomic mass is 10.2. The maximum Gasteiger partial charge on any atom is 0.236 e. The number of rotatable bonds is 3. The van der Waals surface area contributed by atoms with Gasteiger partial charge >= 0.3 is 0 Å². The summed E-state index contributed by atoms with van der Waals surface area (Å²) in [5.74, 6) is 0.282. The summed E-state index contributed by atoms with van der Waals surface area (Å²) in [6.45, 7) is 2.89. The zero-order chi connectivity index (χ0) is 11.5. The van der Waals surface area contributed by atoms with Crippen LogP contribution in [0, 0.1) is 0 Å². The van der Waals surface area contributed by atoms with Crippen LogP contribution < -0.4 is 5.32 Å². The van der Waals surface area contributed by atoms with Gasteiger partial charge in [0, 0.05) is 32.1 Å². The van der Waals surface area contributed by atoms with Crippen molar-refractivity contribution in [3.63, 3.8) is 0 Å². The van der Waals surface area contributed by atoms with E-state index in [1.807, 2.05) is 16.8 Å². The second kappa shape index (κ2) is 4.82. The summed E-state index contributed by atoms with van der Waals surface area (Å²) in [5.41, 5.74) is 0. The van der Waals surface area contributed by atoms with Gasteiger partial charge in [0.1, 0.15) is 0 Å². The average Bonchev–Trinajstić information content (AvgIpc) is 2.87. The highest BCUT2D eigenvalue weighted by Gasteiger charge is 2.27. The average molecular weight is 225 g/mol. The smallest absolute Gasteiger partial charge is 0.236 e. The van der Waals surface area contributed by atoms with Crippen LogP contribution >= 0.6 is 0 Å². The van der Waals surface area contributed by atoms with Crippen molar-refractivity contribution in [3.05, 3.63) is 0 Å². The fourth-order valence-electron chi connectivity index (χ4n) is 2.31. The second-order valence-electron chi connectivity index (χ2n) is 4.67. The molecule has 5 nitrogen and oxygen atoms in total. The molecule has 1 atom stereocenters. The number of carbonyl (C=O) groups excluding carboxylic acids is 2. The molecule has 0 aromatic carbocycles. The number of carbonyl (C=O) groups is 2. The van der Waals surface area contributed by atoms with Crippen LogP contribution in [0.3, 0.4) is 0 Å². The zero-order valence-electron chi connectivity index (χ0n) is 9.74. The van der Waals surface area contributed by atoms with Gasteiger partial charge in [0.05, 0.1) is 6.54 Å². The minimum Gasteiger partial charge on any atom is -0.354 e. The first-order valence-electron chi connectivity index (χ1n) is 5.91. The summed E-state index contributed by atoms with van der Waals surface area (Å²) < 4.78 is 0. The Morgan fingerprint density at radius 2 is 2.19 bits per heavy atom. The molecule has 2 amide bonds. The van der Waals surface area contributed by atoms with Gasteiger partial charge in [-0.3, -0.25) is 14.5 Å². The van der Waals surface area contributed by atoms with E-state index in [0.717, 1.165) is 25.9 Å². The number of hydrogen-bond acceptors (Lipinski definition) is 3. The van der Waals surface area contributed by atoms with E-state index in [4.69, 9.17) is 0 Å². The highest BCUT2D eigenvalue weighted by Crippen LogP contribution is 2.11. The zero-order valence-corrected chi connectivity index (χ0v) is 9.74. The molecule has 2 aliphatic heterocycles. The van der Waals surface area contributed by atoms with Gasteiger partial charge in [0.25, 0.3) is 0 Å². The summed E-state index contributed by atoms with van der Waals surface area (Å²) in [4.78, 5) is 26.8. The van der Waals surface area contributed by atoms with E-state index in [2.05, 4.69) is 5.32 Å². The first-order chi connectivity index (χ1) is 7.66. The number of likely N-dealkylation sites (tertiary alicyclic amines) is 1. The summed E-state index contributed by atoms with van der Waals surface area (Å²) in [7, 11) is 1.92. The summed E-state index contributed by atoms with van der Waals surface area (Å²) in [6.07, 6.45) is 2.77. The van der Waals surface area contributed by atoms with Crippen molar-refractivity contribution in [2.24, 2.45) is 0 Å². The Bertz CT molecular complexity index is 287. The first-order valence-corrected chi connectivity index (χ1v) is 5.91. The van der Waals surface area contributed by atoms with Crippen molar-refractivity contribution in [1.82, 2.24) is 15.1 Å². The molecule has 1 unspecified atom stereocenters. The Labute approximate surface area is 95.8 Å². The van der Waals surface area contributed by atoms with E-state index in [1.165, 1.54) is 0 Å². The Morgan fingerprint density at radius 1 is 1.50 bits per heavy atom. The molecule has 2 fully saturated rings. The van der Waals surface area contributed by atoms with Gasteiger partial charge in [-0.15, -0.1) is 0 Å². The minimum atomic E-state index is 0.0884. The van der Waals surface area contributed by atoms with Crippen LogP contribution in [0.2, 0.25) is 0 Å². The van der Waals surface area contributed by atoms with Crippen LogP contribution in [0.4, 0.5) is 0 Å². The van der Waals surface area contributed by atoms with Crippen LogP contribution in [-0.4, -0.2) is 60.9 Å². The molecule has 0 aromatic heterocycles. The van der Waals surface area contributed by atoms with Gasteiger partial charge in [0.2, 0.25) is 11.8 Å². The molecule has 0 aromatic rings. The molecule has 2 rings (SSSR count). The van der Waals surface area contributed by atoms with Gasteiger partial charge in [0.15, 0.2) is 0 Å². The highest BCUT2D eigenvalue weighted by atomic mass is 16.2. The van der Waals surface area contributed by atoms with Gasteiger partial charge < -0.3 is 10.2 Å². The fraction of sp³-hybridized carbons (Fsp3) is 0.818. The SMILES string of the molecule is CN(CC(=O)N1CCCC1)C1CNC(=O)C1. The maximum absolute atomic E-state index is 11.9. The van der Waals surface area contributed by atoms with Crippen molar-refractivity contribution in [2.45, 2.75) is 25.3 Å². The number of amides is 2. The van der Waals surface area contributed by atoms with E-state index in [9.17, 15) is 9.59 Å². The van der Waals surface area contributed by atoms with Crippen LogP contribution in [-0.2, 0) is 9.59 Å². The van der Waals surface area contributed by atoms with E-state index in [1.54, 1.807) is 0 Å². The summed E-state index contributed by atoms with van der Waals surface area (Å²) in [5, 5.41) is 2.79. The Balaban J connectivity index is 1.79. The molecule has 5 heteroatoms. The molecular weight excluding hydrogens is 206 g/mol. The number of nitrogens with zero attached hydrogens (tertiary/aromatic N) is 2. The van der Waals surface area contributed by atoms with Gasteiger partial charge in [-0.05, 0) is 19.9 Å². The van der Waals surface area contributed by atoms with Crippen LogP contribution in [0.15, 0.2) is 0 Å². The summed E-state index contributed by atoms with van der Waals surface area (Å²) >= 11 is 0. The maximum atomic E-state index is 11.9. The minimum absolute atomic E-state index is 0.0884. The molecule has 0 aliphatic carbocycles. The number of nitrogens with one attached hydrogen (secondary N) is 1. The topological polar surface area (TPSA) is 52.7 Å². The second-order valence-corrected chi connectivity index (χ2v) is 4.67. The predicted molar refractivity (Wildman–Crippen MR) is 59.9 cm³/mol. The van der Waals surface area contributed by atoms with Gasteiger partial charge in [-0.25, -0.2) is 0 Å². The Morgan fingerprint density at radius 3 is 2.75 bits per heavy atom. The molecule has 16 heavy (non-hydrogen) atoms. The molecule has 90 valence electrons. The highest BCUT2D eigenvalue weighted by molar-refractivity contribution is 5.80. The molecular formula is C11H19N3O2. The standard InChI is InChI=1S/C11H19N3O2/c1-13(9-6-10(15)12-7-9)8-11(16)14-4-2-3-5-14/h9H,2-8H2,1H3,(H,12,15). The van der Waals surface area contributed by atoms with E-state index < -0.39 is 0 Å². The summed E-state index contributed by atoms with van der Waals surface area (Å²) in [6, 6.07) is 0.180. The molecule has 0 saturated carbocycles. The lowest BCUT2D eigenvalue weighted by Gasteiger charge is -2.24. The Hall–Kier alpha value is -1.10. The lowest BCUT2D eigenvalue weighted by molar-refractivity contribution is -0.131. The fourth-order valence-corrected chi connectivity index (χ4v) is 2.31. The predicted octanol–water partition coefficient (Wildman–Crippen LogP) is -0.571. The molecule has 0 radical (unpaired) electrons. The molecule has 0 spiro atoms. The van der Waals surface area contributed by atoms with E-state index in [0.29, 0.717) is 19.5 Å². The van der Waals surface area contributed by atoms with Crippen LogP contribution in [0.5, 0.6) is 0 Å². The van der Waals surface area contributed by atoms with Crippen molar-refractivity contribution in [1.29, 1.82) is 0 Å². The lowest BCUT2D eigenvalue weighted by Crippen LogP contribution is -2.42. The molecule has 0 bridgehead atoms. The van der Waals surface area contributed by atoms with E-state index in [-0.39, 0.29) is 17.9 Å². The molecule has 2 saturated heterocycles. The van der Waals surface area contributed by atoms with Crippen molar-refractivity contribution >= 4 is 11.8 Å². The van der Waals surface area contributed by atoms with Crippen molar-refractivity contribution in [3.8, 4) is 0 Å². The molecule has 1 N–H and O–H groups in total. The Kier molecular flexibility index (Phi) is 3.43. The third-order valence-electron chi connectivity index (χ3n) is 3.42.